The molecule has 1 N–H and O–H groups in total. The summed E-state index contributed by atoms with van der Waals surface area (Å²) in [6, 6.07) is 0. The standard InChI is InChI=1S/C12H21BrN2OS/c1-5-6-15-11(9(13)7-14-15)10(16)8-17-12(2,3)4/h7,10,16H,5-6,8H2,1-4H3. The first-order valence-electron chi connectivity index (χ1n) is 5.88. The van der Waals surface area contributed by atoms with Gasteiger partial charge in [0.1, 0.15) is 6.10 Å². The first-order chi connectivity index (χ1) is 7.85. The minimum atomic E-state index is -0.470. The van der Waals surface area contributed by atoms with Gasteiger partial charge in [-0.1, -0.05) is 27.7 Å². The number of hydrogen-bond donors (Lipinski definition) is 1. The van der Waals surface area contributed by atoms with Crippen molar-refractivity contribution in [3.63, 3.8) is 0 Å². The highest BCUT2D eigenvalue weighted by atomic mass is 79.9. The van der Waals surface area contributed by atoms with E-state index in [1.54, 1.807) is 18.0 Å². The van der Waals surface area contributed by atoms with Crippen molar-refractivity contribution in [3.8, 4) is 0 Å². The van der Waals surface area contributed by atoms with Crippen LogP contribution in [0.1, 0.15) is 45.9 Å². The predicted octanol–water partition coefficient (Wildman–Crippen LogP) is 3.62. The molecule has 1 unspecified atom stereocenters. The van der Waals surface area contributed by atoms with E-state index >= 15 is 0 Å². The maximum atomic E-state index is 10.2. The van der Waals surface area contributed by atoms with Gasteiger partial charge in [0.2, 0.25) is 0 Å². The number of aromatic nitrogens is 2. The van der Waals surface area contributed by atoms with Crippen LogP contribution in [-0.4, -0.2) is 25.4 Å². The molecular weight excluding hydrogens is 300 g/mol. The smallest absolute Gasteiger partial charge is 0.106 e. The van der Waals surface area contributed by atoms with Crippen molar-refractivity contribution < 1.29 is 5.11 Å². The topological polar surface area (TPSA) is 38.0 Å². The SMILES string of the molecule is CCCn1ncc(Br)c1C(O)CSC(C)(C)C. The monoisotopic (exact) mass is 320 g/mol. The van der Waals surface area contributed by atoms with E-state index in [0.29, 0.717) is 5.75 Å². The average Bonchev–Trinajstić information content (AvgIpc) is 2.56. The van der Waals surface area contributed by atoms with Crippen LogP contribution in [0.5, 0.6) is 0 Å². The molecule has 5 heteroatoms. The maximum Gasteiger partial charge on any atom is 0.106 e. The quantitative estimate of drug-likeness (QED) is 0.900. The molecule has 0 spiro atoms. The number of aryl methyl sites for hydroxylation is 1. The van der Waals surface area contributed by atoms with Crippen molar-refractivity contribution >= 4 is 27.7 Å². The molecule has 1 rings (SSSR count). The third kappa shape index (κ3) is 4.64. The number of rotatable bonds is 5. The molecule has 0 aliphatic carbocycles. The van der Waals surface area contributed by atoms with Gasteiger partial charge in [-0.25, -0.2) is 0 Å². The van der Waals surface area contributed by atoms with Crippen LogP contribution in [-0.2, 0) is 6.54 Å². The molecule has 98 valence electrons. The van der Waals surface area contributed by atoms with Crippen molar-refractivity contribution in [1.29, 1.82) is 0 Å². The Balaban J connectivity index is 2.73. The van der Waals surface area contributed by atoms with E-state index < -0.39 is 6.10 Å². The van der Waals surface area contributed by atoms with Gasteiger partial charge in [-0.3, -0.25) is 4.68 Å². The maximum absolute atomic E-state index is 10.2. The number of aliphatic hydroxyl groups excluding tert-OH is 1. The van der Waals surface area contributed by atoms with Gasteiger partial charge in [0.15, 0.2) is 0 Å². The van der Waals surface area contributed by atoms with E-state index in [-0.39, 0.29) is 4.75 Å². The summed E-state index contributed by atoms with van der Waals surface area (Å²) in [5, 5.41) is 14.5. The summed E-state index contributed by atoms with van der Waals surface area (Å²) in [5.41, 5.74) is 0.892. The van der Waals surface area contributed by atoms with Crippen molar-refractivity contribution in [3.05, 3.63) is 16.4 Å². The third-order valence-corrected chi connectivity index (χ3v) is 4.22. The van der Waals surface area contributed by atoms with Gasteiger partial charge in [-0.2, -0.15) is 16.9 Å². The fourth-order valence-electron chi connectivity index (χ4n) is 1.50. The molecule has 0 saturated carbocycles. The number of nitrogens with zero attached hydrogens (tertiary/aromatic N) is 2. The minimum absolute atomic E-state index is 0.170. The zero-order valence-corrected chi connectivity index (χ0v) is 13.3. The van der Waals surface area contributed by atoms with E-state index in [9.17, 15) is 5.11 Å². The van der Waals surface area contributed by atoms with Crippen LogP contribution in [0, 0.1) is 0 Å². The molecule has 17 heavy (non-hydrogen) atoms. The number of aliphatic hydroxyl groups is 1. The van der Waals surface area contributed by atoms with Crippen molar-refractivity contribution in [2.24, 2.45) is 0 Å². The molecule has 0 fully saturated rings. The van der Waals surface area contributed by atoms with E-state index in [1.807, 2.05) is 4.68 Å². The molecule has 1 heterocycles. The average molecular weight is 321 g/mol. The lowest BCUT2D eigenvalue weighted by Crippen LogP contribution is -2.15. The third-order valence-electron chi connectivity index (χ3n) is 2.26. The Morgan fingerprint density at radius 2 is 2.18 bits per heavy atom. The molecule has 1 aromatic rings. The first-order valence-corrected chi connectivity index (χ1v) is 7.66. The van der Waals surface area contributed by atoms with Gasteiger partial charge in [0.25, 0.3) is 0 Å². The van der Waals surface area contributed by atoms with Gasteiger partial charge in [-0.15, -0.1) is 0 Å². The van der Waals surface area contributed by atoms with E-state index in [1.165, 1.54) is 0 Å². The Hall–Kier alpha value is -0.0000000000000000555. The van der Waals surface area contributed by atoms with Crippen LogP contribution in [0.3, 0.4) is 0 Å². The zero-order valence-electron chi connectivity index (χ0n) is 10.9. The van der Waals surface area contributed by atoms with Crippen LogP contribution in [0.25, 0.3) is 0 Å². The van der Waals surface area contributed by atoms with Crippen LogP contribution in [0.15, 0.2) is 10.7 Å². The summed E-state index contributed by atoms with van der Waals surface area (Å²) < 4.78 is 2.95. The highest BCUT2D eigenvalue weighted by Gasteiger charge is 2.20. The molecule has 0 aliphatic heterocycles. The fraction of sp³-hybridized carbons (Fsp3) is 0.750. The minimum Gasteiger partial charge on any atom is -0.386 e. The molecular formula is C12H21BrN2OS. The van der Waals surface area contributed by atoms with Gasteiger partial charge in [0, 0.05) is 17.0 Å². The summed E-state index contributed by atoms with van der Waals surface area (Å²) in [7, 11) is 0. The largest absolute Gasteiger partial charge is 0.386 e. The Morgan fingerprint density at radius 3 is 2.71 bits per heavy atom. The highest BCUT2D eigenvalue weighted by Crippen LogP contribution is 2.31. The predicted molar refractivity (Wildman–Crippen MR) is 77.4 cm³/mol. The summed E-state index contributed by atoms with van der Waals surface area (Å²) in [6.45, 7) is 9.42. The Labute approximate surface area is 116 Å². The summed E-state index contributed by atoms with van der Waals surface area (Å²) >= 11 is 5.22. The van der Waals surface area contributed by atoms with Crippen molar-refractivity contribution in [2.75, 3.05) is 5.75 Å². The van der Waals surface area contributed by atoms with Crippen LogP contribution in [0.4, 0.5) is 0 Å². The van der Waals surface area contributed by atoms with Gasteiger partial charge < -0.3 is 5.11 Å². The Kier molecular flexibility index (Phi) is 5.54. The second kappa shape index (κ2) is 6.25. The summed E-state index contributed by atoms with van der Waals surface area (Å²) in [4.78, 5) is 0. The lowest BCUT2D eigenvalue weighted by atomic mass is 10.2. The Morgan fingerprint density at radius 1 is 1.53 bits per heavy atom. The van der Waals surface area contributed by atoms with Crippen molar-refractivity contribution in [1.82, 2.24) is 9.78 Å². The summed E-state index contributed by atoms with van der Waals surface area (Å²) in [6.07, 6.45) is 2.30. The van der Waals surface area contributed by atoms with Crippen LogP contribution < -0.4 is 0 Å². The van der Waals surface area contributed by atoms with Gasteiger partial charge >= 0.3 is 0 Å². The van der Waals surface area contributed by atoms with Crippen molar-refractivity contribution in [2.45, 2.75) is 51.5 Å². The number of hydrogen-bond acceptors (Lipinski definition) is 3. The first kappa shape index (κ1) is 15.1. The molecule has 1 atom stereocenters. The highest BCUT2D eigenvalue weighted by molar-refractivity contribution is 9.10. The number of halogens is 1. The van der Waals surface area contributed by atoms with Crippen LogP contribution in [0.2, 0.25) is 0 Å². The zero-order chi connectivity index (χ0) is 13.1. The molecule has 0 aromatic carbocycles. The van der Waals surface area contributed by atoms with E-state index in [0.717, 1.165) is 23.1 Å². The molecule has 0 bridgehead atoms. The lowest BCUT2D eigenvalue weighted by Gasteiger charge is -2.21. The molecule has 0 saturated heterocycles. The van der Waals surface area contributed by atoms with Crippen LogP contribution >= 0.6 is 27.7 Å². The van der Waals surface area contributed by atoms with Gasteiger partial charge in [-0.05, 0) is 22.4 Å². The van der Waals surface area contributed by atoms with E-state index in [4.69, 9.17) is 0 Å². The number of thioether (sulfide) groups is 1. The second-order valence-corrected chi connectivity index (χ2v) is 7.74. The Bertz CT molecular complexity index is 360. The molecule has 0 amide bonds. The van der Waals surface area contributed by atoms with Gasteiger partial charge in [0.05, 0.1) is 16.4 Å². The normalized spacial score (nSPS) is 14.0. The molecule has 3 nitrogen and oxygen atoms in total. The lowest BCUT2D eigenvalue weighted by molar-refractivity contribution is 0.190. The second-order valence-electron chi connectivity index (χ2n) is 5.04. The molecule has 0 aliphatic rings. The molecule has 0 radical (unpaired) electrons. The van der Waals surface area contributed by atoms with E-state index in [2.05, 4.69) is 48.7 Å². The molecule has 1 aromatic heterocycles. The summed E-state index contributed by atoms with van der Waals surface area (Å²) in [5.74, 6) is 0.692. The fourth-order valence-corrected chi connectivity index (χ4v) is 2.88.